The third-order valence-corrected chi connectivity index (χ3v) is 2.94. The van der Waals surface area contributed by atoms with E-state index in [1.807, 2.05) is 20.8 Å². The van der Waals surface area contributed by atoms with E-state index in [4.69, 9.17) is 0 Å². The molecule has 0 rings (SSSR count). The second-order valence-corrected chi connectivity index (χ2v) is 5.60. The van der Waals surface area contributed by atoms with E-state index >= 15 is 0 Å². The van der Waals surface area contributed by atoms with Crippen LogP contribution in [0.25, 0.3) is 0 Å². The van der Waals surface area contributed by atoms with Crippen molar-refractivity contribution in [2.75, 3.05) is 25.1 Å². The van der Waals surface area contributed by atoms with Gasteiger partial charge >= 0.3 is 0 Å². The maximum atomic E-state index is 11.6. The summed E-state index contributed by atoms with van der Waals surface area (Å²) in [5, 5.41) is 5.93. The molecule has 0 aliphatic heterocycles. The van der Waals surface area contributed by atoms with Crippen molar-refractivity contribution in [1.82, 2.24) is 10.6 Å². The van der Waals surface area contributed by atoms with Crippen molar-refractivity contribution in [1.29, 1.82) is 0 Å². The van der Waals surface area contributed by atoms with Gasteiger partial charge in [0.25, 0.3) is 0 Å². The van der Waals surface area contributed by atoms with Gasteiger partial charge in [0.2, 0.25) is 5.91 Å². The third-order valence-electron chi connectivity index (χ3n) is 2.08. The zero-order chi connectivity index (χ0) is 11.9. The molecule has 0 fully saturated rings. The van der Waals surface area contributed by atoms with Crippen LogP contribution in [0.2, 0.25) is 0 Å². The van der Waals surface area contributed by atoms with Crippen molar-refractivity contribution >= 4 is 16.7 Å². The minimum absolute atomic E-state index is 0.00812. The number of hydrogen-bond acceptors (Lipinski definition) is 3. The van der Waals surface area contributed by atoms with Crippen LogP contribution >= 0.6 is 0 Å². The highest BCUT2D eigenvalue weighted by Crippen LogP contribution is 2.01. The Balaban J connectivity index is 3.78. The Hall–Kier alpha value is -0.420. The van der Waals surface area contributed by atoms with E-state index < -0.39 is 16.3 Å². The first kappa shape index (κ1) is 14.6. The molecule has 0 aliphatic carbocycles. The molecule has 1 amide bonds. The Labute approximate surface area is 94.7 Å². The second-order valence-electron chi connectivity index (χ2n) is 4.04. The molecule has 1 atom stereocenters. The second kappa shape index (κ2) is 6.95. The molecule has 0 bridgehead atoms. The zero-order valence-electron chi connectivity index (χ0n) is 10.1. The summed E-state index contributed by atoms with van der Waals surface area (Å²) in [4.78, 5) is 11.6. The Kier molecular flexibility index (Phi) is 6.76. The summed E-state index contributed by atoms with van der Waals surface area (Å²) in [6, 6.07) is 0. The molecule has 0 saturated carbocycles. The molecular weight excluding hydrogens is 212 g/mol. The highest BCUT2D eigenvalue weighted by atomic mass is 32.2. The molecule has 90 valence electrons. The van der Waals surface area contributed by atoms with Crippen LogP contribution in [0.5, 0.6) is 0 Å². The molecule has 0 aromatic heterocycles. The van der Waals surface area contributed by atoms with Crippen LogP contribution in [0.1, 0.15) is 27.2 Å². The van der Waals surface area contributed by atoms with Crippen LogP contribution in [-0.2, 0) is 15.6 Å². The molecule has 0 aliphatic rings. The van der Waals surface area contributed by atoms with E-state index in [-0.39, 0.29) is 5.91 Å². The maximum absolute atomic E-state index is 11.6. The number of carbonyl (C=O) groups excluding carboxylic acids is 1. The normalized spacial score (nSPS) is 13.6. The van der Waals surface area contributed by atoms with E-state index in [0.717, 1.165) is 13.0 Å². The van der Waals surface area contributed by atoms with Gasteiger partial charge in [-0.1, -0.05) is 6.92 Å². The molecule has 1 unspecified atom stereocenters. The fourth-order valence-electron chi connectivity index (χ4n) is 1.22. The number of nitrogens with one attached hydrogen (secondary N) is 2. The summed E-state index contributed by atoms with van der Waals surface area (Å²) in [5.41, 5.74) is -0.528. The highest BCUT2D eigenvalue weighted by molar-refractivity contribution is 7.84. The average molecular weight is 234 g/mol. The fourth-order valence-corrected chi connectivity index (χ4v) is 1.77. The van der Waals surface area contributed by atoms with Crippen LogP contribution in [0.15, 0.2) is 0 Å². The lowest BCUT2D eigenvalue weighted by Crippen LogP contribution is -2.52. The van der Waals surface area contributed by atoms with E-state index in [9.17, 15) is 9.00 Å². The quantitative estimate of drug-likeness (QED) is 0.621. The fraction of sp³-hybridized carbons (Fsp3) is 0.900. The third kappa shape index (κ3) is 6.62. The minimum Gasteiger partial charge on any atom is -0.354 e. The van der Waals surface area contributed by atoms with Crippen molar-refractivity contribution in [3.05, 3.63) is 0 Å². The molecule has 0 saturated heterocycles. The molecule has 15 heavy (non-hydrogen) atoms. The average Bonchev–Trinajstić information content (AvgIpc) is 2.11. The first-order valence-electron chi connectivity index (χ1n) is 5.23. The van der Waals surface area contributed by atoms with E-state index in [0.29, 0.717) is 12.3 Å². The van der Waals surface area contributed by atoms with Gasteiger partial charge in [0.15, 0.2) is 0 Å². The summed E-state index contributed by atoms with van der Waals surface area (Å²) >= 11 is 0. The van der Waals surface area contributed by atoms with Crippen molar-refractivity contribution in [3.8, 4) is 0 Å². The summed E-state index contributed by atoms with van der Waals surface area (Å²) in [6.07, 6.45) is 2.43. The van der Waals surface area contributed by atoms with Crippen molar-refractivity contribution < 1.29 is 9.00 Å². The van der Waals surface area contributed by atoms with Crippen LogP contribution in [-0.4, -0.2) is 40.8 Å². The molecule has 0 aromatic rings. The number of rotatable bonds is 7. The number of hydrogen-bond donors (Lipinski definition) is 2. The van der Waals surface area contributed by atoms with Gasteiger partial charge in [-0.15, -0.1) is 0 Å². The molecule has 2 N–H and O–H groups in total. The molecule has 0 aromatic carbocycles. The molecule has 5 heteroatoms. The van der Waals surface area contributed by atoms with E-state index in [1.54, 1.807) is 6.26 Å². The number of likely N-dealkylation sites (N-methyl/N-ethyl adjacent to an activating group) is 1. The summed E-state index contributed by atoms with van der Waals surface area (Å²) in [6.45, 7) is 7.02. The monoisotopic (exact) mass is 234 g/mol. The first-order chi connectivity index (χ1) is 6.90. The lowest BCUT2D eigenvalue weighted by molar-refractivity contribution is -0.126. The van der Waals surface area contributed by atoms with Crippen LogP contribution in [0.3, 0.4) is 0 Å². The van der Waals surface area contributed by atoms with Crippen LogP contribution in [0.4, 0.5) is 0 Å². The van der Waals surface area contributed by atoms with Gasteiger partial charge in [-0.05, 0) is 26.8 Å². The van der Waals surface area contributed by atoms with Gasteiger partial charge < -0.3 is 10.6 Å². The van der Waals surface area contributed by atoms with Gasteiger partial charge in [0.05, 0.1) is 5.54 Å². The molecule has 0 heterocycles. The van der Waals surface area contributed by atoms with Crippen LogP contribution < -0.4 is 10.6 Å². The SMILES string of the molecule is CCNC(C)(C)C(=O)NCCCS(C)=O. The Morgan fingerprint density at radius 3 is 2.47 bits per heavy atom. The number of amides is 1. The van der Waals surface area contributed by atoms with Crippen molar-refractivity contribution in [2.45, 2.75) is 32.7 Å². The van der Waals surface area contributed by atoms with Crippen LogP contribution in [0, 0.1) is 0 Å². The molecule has 0 radical (unpaired) electrons. The topological polar surface area (TPSA) is 58.2 Å². The summed E-state index contributed by atoms with van der Waals surface area (Å²) < 4.78 is 10.8. The minimum atomic E-state index is -0.772. The standard InChI is InChI=1S/C10H22N2O2S/c1-5-12-10(2,3)9(13)11-7-6-8-15(4)14/h12H,5-8H2,1-4H3,(H,11,13). The maximum Gasteiger partial charge on any atom is 0.239 e. The first-order valence-corrected chi connectivity index (χ1v) is 6.96. The van der Waals surface area contributed by atoms with E-state index in [2.05, 4.69) is 10.6 Å². The Morgan fingerprint density at radius 2 is 2.00 bits per heavy atom. The van der Waals surface area contributed by atoms with E-state index in [1.165, 1.54) is 0 Å². The highest BCUT2D eigenvalue weighted by Gasteiger charge is 2.25. The summed E-state index contributed by atoms with van der Waals surface area (Å²) in [7, 11) is -0.772. The largest absolute Gasteiger partial charge is 0.354 e. The van der Waals surface area contributed by atoms with Crippen molar-refractivity contribution in [3.63, 3.8) is 0 Å². The predicted molar refractivity (Wildman–Crippen MR) is 64.3 cm³/mol. The smallest absolute Gasteiger partial charge is 0.239 e. The molecular formula is C10H22N2O2S. The van der Waals surface area contributed by atoms with Gasteiger partial charge in [-0.25, -0.2) is 0 Å². The summed E-state index contributed by atoms with van der Waals surface area (Å²) in [5.74, 6) is 0.633. The van der Waals surface area contributed by atoms with Gasteiger partial charge in [-0.3, -0.25) is 9.00 Å². The Morgan fingerprint density at radius 1 is 1.40 bits per heavy atom. The van der Waals surface area contributed by atoms with Crippen molar-refractivity contribution in [2.24, 2.45) is 0 Å². The lowest BCUT2D eigenvalue weighted by Gasteiger charge is -2.24. The zero-order valence-corrected chi connectivity index (χ0v) is 10.9. The predicted octanol–water partition coefficient (Wildman–Crippen LogP) is 0.259. The lowest BCUT2D eigenvalue weighted by atomic mass is 10.0. The van der Waals surface area contributed by atoms with Gasteiger partial charge in [-0.2, -0.15) is 0 Å². The molecule has 4 nitrogen and oxygen atoms in total. The Bertz CT molecular complexity index is 229. The van der Waals surface area contributed by atoms with Gasteiger partial charge in [0.1, 0.15) is 0 Å². The van der Waals surface area contributed by atoms with Gasteiger partial charge in [0, 0.05) is 29.4 Å². The molecule has 0 spiro atoms. The number of carbonyl (C=O) groups is 1.